The summed E-state index contributed by atoms with van der Waals surface area (Å²) in [5.74, 6) is 0.257. The van der Waals surface area contributed by atoms with Crippen LogP contribution < -0.4 is 19.1 Å². The van der Waals surface area contributed by atoms with Crippen molar-refractivity contribution in [3.05, 3.63) is 48.2 Å². The fourth-order valence-electron chi connectivity index (χ4n) is 3.58. The zero-order chi connectivity index (χ0) is 26.3. The predicted octanol–water partition coefficient (Wildman–Crippen LogP) is 4.16. The number of aromatic nitrogens is 1. The summed E-state index contributed by atoms with van der Waals surface area (Å²) in [7, 11) is 0. The summed E-state index contributed by atoms with van der Waals surface area (Å²) < 4.78 is 12.4. The molecule has 1 fully saturated rings. The molecule has 0 spiro atoms. The van der Waals surface area contributed by atoms with Gasteiger partial charge in [0.2, 0.25) is 5.88 Å². The Labute approximate surface area is 216 Å². The number of likely N-dealkylation sites (tertiary alicyclic amines) is 1. The van der Waals surface area contributed by atoms with Crippen molar-refractivity contribution >= 4 is 36.6 Å². The van der Waals surface area contributed by atoms with Gasteiger partial charge in [0, 0.05) is 24.7 Å². The summed E-state index contributed by atoms with van der Waals surface area (Å²) in [6.07, 6.45) is 2.47. The van der Waals surface area contributed by atoms with Crippen molar-refractivity contribution in [3.8, 4) is 11.6 Å². The summed E-state index contributed by atoms with van der Waals surface area (Å²) in [5, 5.41) is 11.6. The van der Waals surface area contributed by atoms with Gasteiger partial charge in [-0.05, 0) is 63.3 Å². The van der Waals surface area contributed by atoms with Gasteiger partial charge in [0.1, 0.15) is 5.75 Å². The van der Waals surface area contributed by atoms with Crippen LogP contribution in [-0.2, 0) is 11.2 Å². The van der Waals surface area contributed by atoms with Crippen molar-refractivity contribution in [2.45, 2.75) is 45.6 Å². The number of nitrogens with one attached hydrogen (secondary N) is 1. The van der Waals surface area contributed by atoms with Gasteiger partial charge in [-0.2, -0.15) is 0 Å². The molecule has 2 N–H and O–H groups in total. The van der Waals surface area contributed by atoms with Crippen LogP contribution in [0, 0.1) is 5.92 Å². The summed E-state index contributed by atoms with van der Waals surface area (Å²) in [6, 6.07) is 9.76. The number of hydrogen-bond donors (Lipinski definition) is 3. The number of carboxylic acid groups (broad SMARTS) is 1. The summed E-state index contributed by atoms with van der Waals surface area (Å²) in [4.78, 5) is 41.3. The molecule has 1 aliphatic rings. The molecule has 10 nitrogen and oxygen atoms in total. The quantitative estimate of drug-likeness (QED) is 0.473. The van der Waals surface area contributed by atoms with E-state index in [1.54, 1.807) is 35.2 Å². The molecular formula is C25H32N4O6S. The van der Waals surface area contributed by atoms with Crippen molar-refractivity contribution in [2.75, 3.05) is 24.0 Å². The Balaban J connectivity index is 1.42. The molecule has 1 saturated heterocycles. The summed E-state index contributed by atoms with van der Waals surface area (Å²) >= 11 is 4.21. The molecule has 194 valence electrons. The Bertz CT molecular complexity index is 1050. The van der Waals surface area contributed by atoms with Crippen molar-refractivity contribution in [3.63, 3.8) is 0 Å². The molecule has 2 aromatic rings. The molecule has 0 radical (unpaired) electrons. The zero-order valence-corrected chi connectivity index (χ0v) is 21.5. The molecule has 0 unspecified atom stereocenters. The Morgan fingerprint density at radius 3 is 2.36 bits per heavy atom. The Morgan fingerprint density at radius 1 is 1.14 bits per heavy atom. The van der Waals surface area contributed by atoms with E-state index >= 15 is 0 Å². The zero-order valence-electron chi connectivity index (χ0n) is 20.6. The molecule has 0 aliphatic carbocycles. The minimum atomic E-state index is -0.869. The Hall–Kier alpha value is -3.47. The number of nitrogens with zero attached hydrogens (tertiary/aromatic N) is 3. The van der Waals surface area contributed by atoms with E-state index in [1.807, 2.05) is 20.8 Å². The molecule has 2 heterocycles. The van der Waals surface area contributed by atoms with E-state index in [1.165, 1.54) is 12.3 Å². The van der Waals surface area contributed by atoms with Crippen molar-refractivity contribution < 1.29 is 29.0 Å². The number of pyridine rings is 1. The standard InChI is InChI=1S/C25H32N4O6S/c1-25(2,3)27-23(32)29(36)19-6-9-21(26-15-19)35-24(33)28-12-10-18(11-13-28)16-34-20-7-4-17(5-8-20)14-22(30)31/h4-9,15,18,36H,10-14,16H2,1-3H3,(H,27,32)(H,30,31). The van der Waals surface area contributed by atoms with Crippen LogP contribution in [0.3, 0.4) is 0 Å². The highest BCUT2D eigenvalue weighted by Crippen LogP contribution is 2.22. The van der Waals surface area contributed by atoms with Gasteiger partial charge in [-0.1, -0.05) is 24.9 Å². The van der Waals surface area contributed by atoms with Crippen LogP contribution in [0.1, 0.15) is 39.2 Å². The molecule has 3 amide bonds. The topological polar surface area (TPSA) is 121 Å². The molecule has 11 heteroatoms. The fourth-order valence-corrected chi connectivity index (χ4v) is 3.75. The molecule has 1 aliphatic heterocycles. The number of ether oxygens (including phenoxy) is 2. The minimum absolute atomic E-state index is 0.0171. The molecule has 0 saturated carbocycles. The second-order valence-corrected chi connectivity index (χ2v) is 10.1. The fraction of sp³-hybridized carbons (Fsp3) is 0.440. The highest BCUT2D eigenvalue weighted by Gasteiger charge is 2.25. The van der Waals surface area contributed by atoms with E-state index < -0.39 is 17.6 Å². The van der Waals surface area contributed by atoms with E-state index in [4.69, 9.17) is 14.6 Å². The van der Waals surface area contributed by atoms with E-state index in [0.29, 0.717) is 37.1 Å². The Kier molecular flexibility index (Phi) is 9.03. The van der Waals surface area contributed by atoms with Crippen LogP contribution in [0.25, 0.3) is 0 Å². The maximum atomic E-state index is 12.5. The van der Waals surface area contributed by atoms with Gasteiger partial charge in [-0.15, -0.1) is 0 Å². The molecule has 3 rings (SSSR count). The third-order valence-electron chi connectivity index (χ3n) is 5.47. The van der Waals surface area contributed by atoms with E-state index in [2.05, 4.69) is 23.1 Å². The average Bonchev–Trinajstić information content (AvgIpc) is 2.82. The lowest BCUT2D eigenvalue weighted by molar-refractivity contribution is -0.136. The van der Waals surface area contributed by atoms with Gasteiger partial charge < -0.3 is 24.8 Å². The van der Waals surface area contributed by atoms with Crippen LogP contribution in [0.5, 0.6) is 11.6 Å². The van der Waals surface area contributed by atoms with Crippen LogP contribution >= 0.6 is 12.8 Å². The molecule has 1 aromatic heterocycles. The third kappa shape index (κ3) is 8.33. The third-order valence-corrected chi connectivity index (χ3v) is 5.88. The lowest BCUT2D eigenvalue weighted by Crippen LogP contribution is -2.45. The first-order valence-electron chi connectivity index (χ1n) is 11.7. The largest absolute Gasteiger partial charge is 0.493 e. The number of rotatable bonds is 7. The van der Waals surface area contributed by atoms with Gasteiger partial charge in [0.25, 0.3) is 0 Å². The maximum Gasteiger partial charge on any atom is 0.416 e. The normalized spacial score (nSPS) is 14.2. The van der Waals surface area contributed by atoms with E-state index in [-0.39, 0.29) is 18.3 Å². The average molecular weight is 517 g/mol. The highest BCUT2D eigenvalue weighted by molar-refractivity contribution is 7.82. The van der Waals surface area contributed by atoms with Crippen molar-refractivity contribution in [2.24, 2.45) is 5.92 Å². The first-order chi connectivity index (χ1) is 17.0. The van der Waals surface area contributed by atoms with Gasteiger partial charge in [0.05, 0.1) is 24.9 Å². The maximum absolute atomic E-state index is 12.5. The molecule has 36 heavy (non-hydrogen) atoms. The molecule has 1 aromatic carbocycles. The number of thiol groups is 1. The molecule has 0 bridgehead atoms. The van der Waals surface area contributed by atoms with Gasteiger partial charge in [-0.25, -0.2) is 18.9 Å². The summed E-state index contributed by atoms with van der Waals surface area (Å²) in [6.45, 7) is 7.21. The van der Waals surface area contributed by atoms with Crippen molar-refractivity contribution in [1.29, 1.82) is 0 Å². The first-order valence-corrected chi connectivity index (χ1v) is 12.1. The highest BCUT2D eigenvalue weighted by atomic mass is 32.1. The molecular weight excluding hydrogens is 484 g/mol. The number of carboxylic acids is 1. The van der Waals surface area contributed by atoms with Gasteiger partial charge in [0.15, 0.2) is 0 Å². The number of anilines is 1. The van der Waals surface area contributed by atoms with Gasteiger partial charge >= 0.3 is 18.1 Å². The molecule has 0 atom stereocenters. The second kappa shape index (κ2) is 12.0. The van der Waals surface area contributed by atoms with Gasteiger partial charge in [-0.3, -0.25) is 4.79 Å². The number of amides is 3. The lowest BCUT2D eigenvalue weighted by Gasteiger charge is -2.31. The SMILES string of the molecule is CC(C)(C)NC(=O)N(S)c1ccc(OC(=O)N2CCC(COc3ccc(CC(=O)O)cc3)CC2)nc1. The Morgan fingerprint density at radius 2 is 1.81 bits per heavy atom. The van der Waals surface area contributed by atoms with Crippen LogP contribution in [0.2, 0.25) is 0 Å². The second-order valence-electron chi connectivity index (χ2n) is 9.67. The summed E-state index contributed by atoms with van der Waals surface area (Å²) in [5.41, 5.74) is 0.757. The number of urea groups is 1. The number of aliphatic carboxylic acids is 1. The predicted molar refractivity (Wildman–Crippen MR) is 138 cm³/mol. The van der Waals surface area contributed by atoms with Crippen LogP contribution in [0.15, 0.2) is 42.6 Å². The van der Waals surface area contributed by atoms with Crippen molar-refractivity contribution in [1.82, 2.24) is 15.2 Å². The first kappa shape index (κ1) is 27.1. The minimum Gasteiger partial charge on any atom is -0.493 e. The van der Waals surface area contributed by atoms with Crippen LogP contribution in [0.4, 0.5) is 15.3 Å². The number of carbonyl (C=O) groups excluding carboxylic acids is 2. The monoisotopic (exact) mass is 516 g/mol. The number of carbonyl (C=O) groups is 3. The smallest absolute Gasteiger partial charge is 0.416 e. The number of hydrogen-bond acceptors (Lipinski definition) is 7. The number of benzene rings is 1. The van der Waals surface area contributed by atoms with Crippen LogP contribution in [-0.4, -0.2) is 58.3 Å². The van der Waals surface area contributed by atoms with E-state index in [9.17, 15) is 14.4 Å². The van der Waals surface area contributed by atoms with E-state index in [0.717, 1.165) is 22.7 Å². The number of piperidine rings is 1. The lowest BCUT2D eigenvalue weighted by atomic mass is 9.98.